The van der Waals surface area contributed by atoms with E-state index in [1.165, 1.54) is 6.33 Å². The summed E-state index contributed by atoms with van der Waals surface area (Å²) in [5.74, 6) is 0. The van der Waals surface area contributed by atoms with Crippen LogP contribution in [-0.2, 0) is 0 Å². The molecule has 0 saturated heterocycles. The lowest BCUT2D eigenvalue weighted by molar-refractivity contribution is 0.645. The average molecular weight is 201 g/mol. The Hall–Kier alpha value is -1.88. The lowest BCUT2D eigenvalue weighted by Crippen LogP contribution is -2.20. The van der Waals surface area contributed by atoms with Gasteiger partial charge in [-0.05, 0) is 13.1 Å². The Morgan fingerprint density at radius 1 is 1.07 bits per heavy atom. The maximum Gasteiger partial charge on any atom is 0.115 e. The van der Waals surface area contributed by atoms with Gasteiger partial charge in [0.05, 0.1) is 23.6 Å². The van der Waals surface area contributed by atoms with Crippen molar-refractivity contribution in [1.29, 1.82) is 0 Å². The summed E-state index contributed by atoms with van der Waals surface area (Å²) >= 11 is 0. The van der Waals surface area contributed by atoms with Gasteiger partial charge in [0.1, 0.15) is 6.33 Å². The summed E-state index contributed by atoms with van der Waals surface area (Å²) in [5.41, 5.74) is 1.73. The minimum absolute atomic E-state index is 0.0401. The molecule has 0 radical (unpaired) electrons. The molecule has 0 aromatic carbocycles. The van der Waals surface area contributed by atoms with Gasteiger partial charge >= 0.3 is 0 Å². The third-order valence-corrected chi connectivity index (χ3v) is 2.07. The summed E-state index contributed by atoms with van der Waals surface area (Å²) in [6.45, 7) is 0. The van der Waals surface area contributed by atoms with Gasteiger partial charge in [-0.25, -0.2) is 9.97 Å². The molecule has 2 aromatic rings. The first kappa shape index (κ1) is 9.67. The summed E-state index contributed by atoms with van der Waals surface area (Å²) in [7, 11) is 1.86. The second-order valence-electron chi connectivity index (χ2n) is 2.99. The van der Waals surface area contributed by atoms with Crippen LogP contribution >= 0.6 is 0 Å². The highest BCUT2D eigenvalue weighted by molar-refractivity contribution is 5.17. The predicted molar refractivity (Wildman–Crippen MR) is 55.0 cm³/mol. The van der Waals surface area contributed by atoms with Crippen molar-refractivity contribution in [3.05, 3.63) is 48.6 Å². The van der Waals surface area contributed by atoms with Crippen LogP contribution in [-0.4, -0.2) is 27.0 Å². The van der Waals surface area contributed by atoms with E-state index in [1.807, 2.05) is 13.1 Å². The van der Waals surface area contributed by atoms with E-state index < -0.39 is 0 Å². The molecular formula is C10H11N5. The Bertz CT molecular complexity index is 363. The van der Waals surface area contributed by atoms with E-state index in [-0.39, 0.29) is 6.04 Å². The van der Waals surface area contributed by atoms with Gasteiger partial charge in [0.15, 0.2) is 0 Å². The molecule has 0 saturated carbocycles. The molecule has 0 aliphatic rings. The van der Waals surface area contributed by atoms with Crippen molar-refractivity contribution >= 4 is 0 Å². The van der Waals surface area contributed by atoms with E-state index in [2.05, 4.69) is 25.3 Å². The maximum absolute atomic E-state index is 4.24. The zero-order valence-electron chi connectivity index (χ0n) is 8.33. The maximum atomic E-state index is 4.24. The molecule has 0 bridgehead atoms. The second-order valence-corrected chi connectivity index (χ2v) is 2.99. The van der Waals surface area contributed by atoms with E-state index in [9.17, 15) is 0 Å². The Labute approximate surface area is 87.6 Å². The van der Waals surface area contributed by atoms with Crippen LogP contribution in [0.3, 0.4) is 0 Å². The Morgan fingerprint density at radius 3 is 2.60 bits per heavy atom. The molecule has 2 rings (SSSR count). The molecule has 2 heterocycles. The molecule has 1 unspecified atom stereocenters. The van der Waals surface area contributed by atoms with Gasteiger partial charge in [-0.2, -0.15) is 0 Å². The summed E-state index contributed by atoms with van der Waals surface area (Å²) in [4.78, 5) is 16.3. The van der Waals surface area contributed by atoms with Gasteiger partial charge in [-0.15, -0.1) is 0 Å². The zero-order valence-corrected chi connectivity index (χ0v) is 8.33. The molecule has 1 atom stereocenters. The molecular weight excluding hydrogens is 190 g/mol. The molecule has 5 heteroatoms. The summed E-state index contributed by atoms with van der Waals surface area (Å²) in [5, 5.41) is 3.14. The van der Waals surface area contributed by atoms with E-state index >= 15 is 0 Å². The van der Waals surface area contributed by atoms with Crippen LogP contribution in [0.4, 0.5) is 0 Å². The molecule has 15 heavy (non-hydrogen) atoms. The van der Waals surface area contributed by atoms with Crippen LogP contribution in [0.25, 0.3) is 0 Å². The third kappa shape index (κ3) is 2.13. The Kier molecular flexibility index (Phi) is 2.94. The molecule has 0 amide bonds. The first-order valence-electron chi connectivity index (χ1n) is 4.61. The van der Waals surface area contributed by atoms with E-state index in [0.717, 1.165) is 11.4 Å². The standard InChI is InChI=1S/C10H11N5/c1-11-10(8-2-3-13-7-15-8)9-6-12-4-5-14-9/h2-7,10-11H,1H3. The fourth-order valence-electron chi connectivity index (χ4n) is 1.38. The molecule has 5 nitrogen and oxygen atoms in total. The van der Waals surface area contributed by atoms with Crippen LogP contribution in [0.1, 0.15) is 17.4 Å². The van der Waals surface area contributed by atoms with E-state index in [0.29, 0.717) is 0 Å². The first-order valence-corrected chi connectivity index (χ1v) is 4.61. The van der Waals surface area contributed by atoms with Crippen molar-refractivity contribution in [3.8, 4) is 0 Å². The van der Waals surface area contributed by atoms with Crippen molar-refractivity contribution in [3.63, 3.8) is 0 Å². The fraction of sp³-hybridized carbons (Fsp3) is 0.200. The minimum Gasteiger partial charge on any atom is -0.307 e. The van der Waals surface area contributed by atoms with Crippen molar-refractivity contribution in [2.45, 2.75) is 6.04 Å². The smallest absolute Gasteiger partial charge is 0.115 e. The van der Waals surface area contributed by atoms with Crippen LogP contribution < -0.4 is 5.32 Å². The molecule has 0 aliphatic heterocycles. The fourth-order valence-corrected chi connectivity index (χ4v) is 1.38. The molecule has 0 aliphatic carbocycles. The average Bonchev–Trinajstić information content (AvgIpc) is 2.33. The highest BCUT2D eigenvalue weighted by Gasteiger charge is 2.13. The third-order valence-electron chi connectivity index (χ3n) is 2.07. The monoisotopic (exact) mass is 201 g/mol. The predicted octanol–water partition coefficient (Wildman–Crippen LogP) is 0.575. The summed E-state index contributed by atoms with van der Waals surface area (Å²) < 4.78 is 0. The van der Waals surface area contributed by atoms with Crippen LogP contribution in [0, 0.1) is 0 Å². The van der Waals surface area contributed by atoms with Gasteiger partial charge < -0.3 is 5.32 Å². The molecule has 2 aromatic heterocycles. The normalized spacial score (nSPS) is 12.3. The van der Waals surface area contributed by atoms with E-state index in [4.69, 9.17) is 0 Å². The van der Waals surface area contributed by atoms with Crippen molar-refractivity contribution in [2.24, 2.45) is 0 Å². The Morgan fingerprint density at radius 2 is 2.00 bits per heavy atom. The number of hydrogen-bond acceptors (Lipinski definition) is 5. The molecule has 0 spiro atoms. The quantitative estimate of drug-likeness (QED) is 0.786. The van der Waals surface area contributed by atoms with Crippen molar-refractivity contribution < 1.29 is 0 Å². The minimum atomic E-state index is -0.0401. The number of hydrogen-bond donors (Lipinski definition) is 1. The Balaban J connectivity index is 2.34. The van der Waals surface area contributed by atoms with Gasteiger partial charge in [0.25, 0.3) is 0 Å². The molecule has 76 valence electrons. The van der Waals surface area contributed by atoms with Gasteiger partial charge in [0, 0.05) is 18.6 Å². The number of nitrogens with zero attached hydrogens (tertiary/aromatic N) is 4. The molecule has 1 N–H and O–H groups in total. The van der Waals surface area contributed by atoms with E-state index in [1.54, 1.807) is 24.8 Å². The summed E-state index contributed by atoms with van der Waals surface area (Å²) in [6, 6.07) is 1.82. The van der Waals surface area contributed by atoms with Crippen LogP contribution in [0.15, 0.2) is 37.2 Å². The SMILES string of the molecule is CNC(c1ccncn1)c1cnccn1. The molecule has 0 fully saturated rings. The number of rotatable bonds is 3. The van der Waals surface area contributed by atoms with Crippen LogP contribution in [0.5, 0.6) is 0 Å². The summed E-state index contributed by atoms with van der Waals surface area (Å²) in [6.07, 6.45) is 8.28. The number of aromatic nitrogens is 4. The van der Waals surface area contributed by atoms with Crippen LogP contribution in [0.2, 0.25) is 0 Å². The number of nitrogens with one attached hydrogen (secondary N) is 1. The van der Waals surface area contributed by atoms with Gasteiger partial charge in [0.2, 0.25) is 0 Å². The largest absolute Gasteiger partial charge is 0.307 e. The highest BCUT2D eigenvalue weighted by atomic mass is 15.0. The zero-order chi connectivity index (χ0) is 10.5. The second kappa shape index (κ2) is 4.56. The van der Waals surface area contributed by atoms with Crippen molar-refractivity contribution in [2.75, 3.05) is 7.05 Å². The lowest BCUT2D eigenvalue weighted by Gasteiger charge is -2.13. The lowest BCUT2D eigenvalue weighted by atomic mass is 10.1. The topological polar surface area (TPSA) is 63.6 Å². The first-order chi connectivity index (χ1) is 7.42. The van der Waals surface area contributed by atoms with Gasteiger partial charge in [-0.1, -0.05) is 0 Å². The highest BCUT2D eigenvalue weighted by Crippen LogP contribution is 2.15. The van der Waals surface area contributed by atoms with Gasteiger partial charge in [-0.3, -0.25) is 9.97 Å². The van der Waals surface area contributed by atoms with Crippen molar-refractivity contribution in [1.82, 2.24) is 25.3 Å².